The van der Waals surface area contributed by atoms with Crippen molar-refractivity contribution in [3.05, 3.63) is 68.1 Å². The van der Waals surface area contributed by atoms with Crippen molar-refractivity contribution in [1.82, 2.24) is 5.32 Å². The first-order chi connectivity index (χ1) is 9.60. The zero-order valence-electron chi connectivity index (χ0n) is 11.8. The molecule has 1 N–H and O–H groups in total. The molecule has 1 atom stereocenters. The van der Waals surface area contributed by atoms with Crippen molar-refractivity contribution < 1.29 is 0 Å². The fraction of sp³-hybridized carbons (Fsp3) is 0.294. The van der Waals surface area contributed by atoms with E-state index in [1.165, 1.54) is 21.2 Å². The lowest BCUT2D eigenvalue weighted by atomic mass is 9.98. The highest BCUT2D eigenvalue weighted by atomic mass is 79.9. The number of benzene rings is 2. The smallest absolute Gasteiger partial charge is 0.0361 e. The minimum Gasteiger partial charge on any atom is -0.310 e. The van der Waals surface area contributed by atoms with Gasteiger partial charge in [0.25, 0.3) is 0 Å². The second kappa shape index (κ2) is 7.39. The summed E-state index contributed by atoms with van der Waals surface area (Å²) >= 11 is 7.11. The van der Waals surface area contributed by atoms with Crippen LogP contribution in [0.4, 0.5) is 0 Å². The van der Waals surface area contributed by atoms with Gasteiger partial charge in [0, 0.05) is 15.0 Å². The molecule has 1 nitrogen and oxygen atoms in total. The van der Waals surface area contributed by atoms with E-state index in [1.807, 2.05) is 0 Å². The molecule has 2 rings (SSSR count). The lowest BCUT2D eigenvalue weighted by Crippen LogP contribution is -2.23. The molecule has 0 spiro atoms. The van der Waals surface area contributed by atoms with Crippen LogP contribution < -0.4 is 5.32 Å². The van der Waals surface area contributed by atoms with E-state index in [-0.39, 0.29) is 0 Å². The highest BCUT2D eigenvalue weighted by Gasteiger charge is 2.12. The number of hydrogen-bond acceptors (Lipinski definition) is 1. The Morgan fingerprint density at radius 1 is 1.05 bits per heavy atom. The highest BCUT2D eigenvalue weighted by Crippen LogP contribution is 2.25. The highest BCUT2D eigenvalue weighted by molar-refractivity contribution is 9.10. The van der Waals surface area contributed by atoms with Crippen LogP contribution in [0.3, 0.4) is 0 Å². The molecule has 0 aromatic heterocycles. The van der Waals surface area contributed by atoms with Gasteiger partial charge in [-0.15, -0.1) is 0 Å². The lowest BCUT2D eigenvalue weighted by molar-refractivity contribution is 0.549. The first kappa shape index (κ1) is 15.7. The van der Waals surface area contributed by atoms with Gasteiger partial charge >= 0.3 is 0 Å². The summed E-state index contributed by atoms with van der Waals surface area (Å²) < 4.78 is 2.30. The summed E-state index contributed by atoms with van der Waals surface area (Å²) in [6.07, 6.45) is 0.997. The molecule has 0 saturated carbocycles. The number of halogens is 2. The monoisotopic (exact) mass is 395 g/mol. The molecule has 20 heavy (non-hydrogen) atoms. The van der Waals surface area contributed by atoms with Crippen LogP contribution in [0.2, 0.25) is 0 Å². The van der Waals surface area contributed by atoms with Crippen molar-refractivity contribution in [2.75, 3.05) is 6.54 Å². The van der Waals surface area contributed by atoms with Gasteiger partial charge in [-0.2, -0.15) is 0 Å². The summed E-state index contributed by atoms with van der Waals surface area (Å²) in [6.45, 7) is 5.23. The van der Waals surface area contributed by atoms with Gasteiger partial charge in [-0.25, -0.2) is 0 Å². The van der Waals surface area contributed by atoms with Crippen molar-refractivity contribution in [1.29, 1.82) is 0 Å². The van der Waals surface area contributed by atoms with E-state index in [1.54, 1.807) is 0 Å². The number of aryl methyl sites for hydroxylation is 1. The van der Waals surface area contributed by atoms with Gasteiger partial charge in [0.05, 0.1) is 0 Å². The first-order valence-electron chi connectivity index (χ1n) is 6.84. The van der Waals surface area contributed by atoms with Gasteiger partial charge in [-0.1, -0.05) is 63.0 Å². The van der Waals surface area contributed by atoms with Crippen molar-refractivity contribution in [3.63, 3.8) is 0 Å². The molecule has 0 fully saturated rings. The number of rotatable bonds is 5. The van der Waals surface area contributed by atoms with Crippen LogP contribution in [0, 0.1) is 6.92 Å². The molecular formula is C17H19Br2N. The van der Waals surface area contributed by atoms with Crippen LogP contribution in [-0.2, 0) is 6.42 Å². The molecular weight excluding hydrogens is 378 g/mol. The molecule has 0 heterocycles. The van der Waals surface area contributed by atoms with E-state index < -0.39 is 0 Å². The average molecular weight is 397 g/mol. The summed E-state index contributed by atoms with van der Waals surface area (Å²) in [5.41, 5.74) is 3.94. The second-order valence-corrected chi connectivity index (χ2v) is 6.72. The van der Waals surface area contributed by atoms with E-state index in [4.69, 9.17) is 0 Å². The fourth-order valence-electron chi connectivity index (χ4n) is 2.24. The van der Waals surface area contributed by atoms with Crippen LogP contribution in [0.1, 0.15) is 29.7 Å². The summed E-state index contributed by atoms with van der Waals surface area (Å²) in [5, 5.41) is 3.58. The van der Waals surface area contributed by atoms with Crippen LogP contribution in [0.5, 0.6) is 0 Å². The largest absolute Gasteiger partial charge is 0.310 e. The van der Waals surface area contributed by atoms with E-state index in [0.29, 0.717) is 6.04 Å². The fourth-order valence-corrected chi connectivity index (χ4v) is 2.90. The van der Waals surface area contributed by atoms with E-state index in [2.05, 4.69) is 93.5 Å². The maximum Gasteiger partial charge on any atom is 0.0361 e. The molecule has 0 aliphatic rings. The third-order valence-electron chi connectivity index (χ3n) is 3.40. The Balaban J connectivity index is 2.21. The van der Waals surface area contributed by atoms with Gasteiger partial charge < -0.3 is 5.32 Å². The predicted octanol–water partition coefficient (Wildman–Crippen LogP) is 5.41. The number of likely N-dealkylation sites (N-methyl/N-ethyl adjacent to an activating group) is 1. The third-order valence-corrected chi connectivity index (χ3v) is 4.78. The summed E-state index contributed by atoms with van der Waals surface area (Å²) in [7, 11) is 0. The summed E-state index contributed by atoms with van der Waals surface area (Å²) in [6, 6.07) is 15.5. The van der Waals surface area contributed by atoms with E-state index in [0.717, 1.165) is 17.4 Å². The molecule has 2 aromatic rings. The first-order valence-corrected chi connectivity index (χ1v) is 8.42. The SMILES string of the molecule is CCNC(Cc1ccc(Br)cc1)c1ccc(C)c(Br)c1. The second-order valence-electron chi connectivity index (χ2n) is 4.95. The van der Waals surface area contributed by atoms with Gasteiger partial charge in [0.15, 0.2) is 0 Å². The Morgan fingerprint density at radius 2 is 1.75 bits per heavy atom. The minimum absolute atomic E-state index is 0.345. The Kier molecular flexibility index (Phi) is 5.82. The quantitative estimate of drug-likeness (QED) is 0.711. The van der Waals surface area contributed by atoms with Crippen LogP contribution in [0.15, 0.2) is 51.4 Å². The van der Waals surface area contributed by atoms with E-state index in [9.17, 15) is 0 Å². The van der Waals surface area contributed by atoms with Gasteiger partial charge in [-0.05, 0) is 54.8 Å². The Bertz CT molecular complexity index is 564. The molecule has 0 amide bonds. The van der Waals surface area contributed by atoms with Crippen LogP contribution in [0.25, 0.3) is 0 Å². The summed E-state index contributed by atoms with van der Waals surface area (Å²) in [4.78, 5) is 0. The summed E-state index contributed by atoms with van der Waals surface area (Å²) in [5.74, 6) is 0. The normalized spacial score (nSPS) is 12.4. The molecule has 0 bridgehead atoms. The third kappa shape index (κ3) is 4.18. The number of hydrogen-bond donors (Lipinski definition) is 1. The van der Waals surface area contributed by atoms with Gasteiger partial charge in [0.2, 0.25) is 0 Å². The Hall–Kier alpha value is -0.640. The topological polar surface area (TPSA) is 12.0 Å². The molecule has 1 unspecified atom stereocenters. The number of nitrogens with one attached hydrogen (secondary N) is 1. The van der Waals surface area contributed by atoms with Crippen molar-refractivity contribution in [3.8, 4) is 0 Å². The molecule has 0 aliphatic heterocycles. The minimum atomic E-state index is 0.345. The van der Waals surface area contributed by atoms with Crippen molar-refractivity contribution >= 4 is 31.9 Å². The Morgan fingerprint density at radius 3 is 2.35 bits per heavy atom. The molecule has 3 heteroatoms. The standard InChI is InChI=1S/C17H19Br2N/c1-3-20-17(10-13-5-8-15(18)9-6-13)14-7-4-12(2)16(19)11-14/h4-9,11,17,20H,3,10H2,1-2H3. The zero-order chi connectivity index (χ0) is 14.5. The molecule has 0 radical (unpaired) electrons. The van der Waals surface area contributed by atoms with E-state index >= 15 is 0 Å². The molecule has 0 aliphatic carbocycles. The van der Waals surface area contributed by atoms with Crippen molar-refractivity contribution in [2.45, 2.75) is 26.3 Å². The maximum absolute atomic E-state index is 3.63. The molecule has 0 saturated heterocycles. The molecule has 106 valence electrons. The lowest BCUT2D eigenvalue weighted by Gasteiger charge is -2.19. The average Bonchev–Trinajstić information content (AvgIpc) is 2.44. The van der Waals surface area contributed by atoms with Crippen LogP contribution >= 0.6 is 31.9 Å². The maximum atomic E-state index is 3.63. The van der Waals surface area contributed by atoms with Crippen molar-refractivity contribution in [2.24, 2.45) is 0 Å². The van der Waals surface area contributed by atoms with Gasteiger partial charge in [0.1, 0.15) is 0 Å². The predicted molar refractivity (Wildman–Crippen MR) is 93.1 cm³/mol. The van der Waals surface area contributed by atoms with Gasteiger partial charge in [-0.3, -0.25) is 0 Å². The Labute approximate surface area is 138 Å². The zero-order valence-corrected chi connectivity index (χ0v) is 15.0. The molecule has 2 aromatic carbocycles. The van der Waals surface area contributed by atoms with Crippen LogP contribution in [-0.4, -0.2) is 6.54 Å².